The van der Waals surface area contributed by atoms with Crippen molar-refractivity contribution in [1.29, 1.82) is 0 Å². The molecule has 3 rings (SSSR count). The fourth-order valence-electron chi connectivity index (χ4n) is 2.34. The molecule has 0 unspecified atom stereocenters. The summed E-state index contributed by atoms with van der Waals surface area (Å²) >= 11 is 6.78. The quantitative estimate of drug-likeness (QED) is 0.589. The number of rotatable bonds is 2. The second-order valence-electron chi connectivity index (χ2n) is 5.22. The summed E-state index contributed by atoms with van der Waals surface area (Å²) in [4.78, 5) is 15.0. The minimum Gasteiger partial charge on any atom is -0.268 e. The van der Waals surface area contributed by atoms with E-state index in [9.17, 15) is 4.79 Å². The van der Waals surface area contributed by atoms with E-state index in [1.165, 1.54) is 11.8 Å². The first-order valence-corrected chi connectivity index (χ1v) is 8.19. The average molecular weight is 325 g/mol. The molecule has 2 aromatic carbocycles. The summed E-state index contributed by atoms with van der Waals surface area (Å²) in [5, 5.41) is 0. The highest BCUT2D eigenvalue weighted by Gasteiger charge is 2.34. The van der Waals surface area contributed by atoms with Crippen molar-refractivity contribution in [2.75, 3.05) is 4.90 Å². The van der Waals surface area contributed by atoms with Crippen molar-refractivity contribution < 1.29 is 4.79 Å². The maximum absolute atomic E-state index is 12.7. The third kappa shape index (κ3) is 2.85. The number of carbonyl (C=O) groups excluding carboxylic acids is 1. The van der Waals surface area contributed by atoms with Gasteiger partial charge in [-0.2, -0.15) is 0 Å². The first kappa shape index (κ1) is 15.0. The molecular weight excluding hydrogens is 310 g/mol. The van der Waals surface area contributed by atoms with Crippen LogP contribution in [0.15, 0.2) is 53.4 Å². The van der Waals surface area contributed by atoms with Gasteiger partial charge in [0.25, 0.3) is 5.91 Å². The summed E-state index contributed by atoms with van der Waals surface area (Å²) in [6.07, 6.45) is 1.89. The van der Waals surface area contributed by atoms with Crippen molar-refractivity contribution in [2.24, 2.45) is 0 Å². The molecule has 1 aliphatic rings. The van der Waals surface area contributed by atoms with Crippen LogP contribution < -0.4 is 4.90 Å². The lowest BCUT2D eigenvalue weighted by molar-refractivity contribution is -0.113. The Bertz CT molecular complexity index is 781. The topological polar surface area (TPSA) is 20.3 Å². The van der Waals surface area contributed by atoms with Crippen LogP contribution in [0.5, 0.6) is 0 Å². The molecule has 0 radical (unpaired) electrons. The second-order valence-corrected chi connectivity index (χ2v) is 6.89. The van der Waals surface area contributed by atoms with Crippen LogP contribution in [-0.2, 0) is 4.79 Å². The van der Waals surface area contributed by atoms with Crippen LogP contribution in [0.1, 0.15) is 16.7 Å². The molecule has 4 heteroatoms. The van der Waals surface area contributed by atoms with Crippen molar-refractivity contribution in [2.45, 2.75) is 13.8 Å². The summed E-state index contributed by atoms with van der Waals surface area (Å²) < 4.78 is 0.584. The van der Waals surface area contributed by atoms with Crippen molar-refractivity contribution in [1.82, 2.24) is 0 Å². The largest absolute Gasteiger partial charge is 0.270 e. The van der Waals surface area contributed by atoms with E-state index in [1.807, 2.05) is 68.5 Å². The number of anilines is 1. The molecular formula is C18H15NOS2. The molecule has 1 heterocycles. The number of hydrogen-bond donors (Lipinski definition) is 0. The number of benzene rings is 2. The fraction of sp³-hybridized carbons (Fsp3) is 0.111. The molecule has 0 saturated carbocycles. The molecule has 2 aromatic rings. The van der Waals surface area contributed by atoms with Gasteiger partial charge in [-0.25, -0.2) is 0 Å². The van der Waals surface area contributed by atoms with Gasteiger partial charge in [0.2, 0.25) is 0 Å². The third-order valence-corrected chi connectivity index (χ3v) is 4.80. The molecule has 22 heavy (non-hydrogen) atoms. The minimum atomic E-state index is -0.0486. The number of nitrogens with zero attached hydrogens (tertiary/aromatic N) is 1. The molecule has 1 amide bonds. The normalized spacial score (nSPS) is 16.6. The maximum Gasteiger partial charge on any atom is 0.270 e. The minimum absolute atomic E-state index is 0.0486. The Labute approximate surface area is 139 Å². The van der Waals surface area contributed by atoms with Crippen molar-refractivity contribution in [3.63, 3.8) is 0 Å². The summed E-state index contributed by atoms with van der Waals surface area (Å²) in [5.41, 5.74) is 4.03. The van der Waals surface area contributed by atoms with E-state index in [1.54, 1.807) is 4.90 Å². The molecule has 110 valence electrons. The summed E-state index contributed by atoms with van der Waals surface area (Å²) in [6.45, 7) is 4.01. The number of hydrogen-bond acceptors (Lipinski definition) is 3. The Morgan fingerprint density at radius 1 is 1.09 bits per heavy atom. The van der Waals surface area contributed by atoms with Crippen LogP contribution in [0.25, 0.3) is 6.08 Å². The summed E-state index contributed by atoms with van der Waals surface area (Å²) in [6, 6.07) is 15.9. The highest BCUT2D eigenvalue weighted by Crippen LogP contribution is 2.37. The van der Waals surface area contributed by atoms with E-state index in [0.717, 1.165) is 22.4 Å². The zero-order valence-corrected chi connectivity index (χ0v) is 14.0. The predicted molar refractivity (Wildman–Crippen MR) is 98.0 cm³/mol. The van der Waals surface area contributed by atoms with Crippen LogP contribution in [-0.4, -0.2) is 10.2 Å². The number of thioether (sulfide) groups is 1. The predicted octanol–water partition coefficient (Wildman–Crippen LogP) is 4.71. The number of amides is 1. The lowest BCUT2D eigenvalue weighted by atomic mass is 10.1. The van der Waals surface area contributed by atoms with Crippen LogP contribution >= 0.6 is 24.0 Å². The van der Waals surface area contributed by atoms with Gasteiger partial charge in [0.05, 0.1) is 10.6 Å². The average Bonchev–Trinajstić information content (AvgIpc) is 2.77. The van der Waals surface area contributed by atoms with E-state index in [0.29, 0.717) is 9.23 Å². The van der Waals surface area contributed by atoms with Gasteiger partial charge in [-0.3, -0.25) is 9.69 Å². The van der Waals surface area contributed by atoms with Gasteiger partial charge in [-0.15, -0.1) is 0 Å². The summed E-state index contributed by atoms with van der Waals surface area (Å²) in [7, 11) is 0. The van der Waals surface area contributed by atoms with E-state index in [4.69, 9.17) is 12.2 Å². The molecule has 0 atom stereocenters. The van der Waals surface area contributed by atoms with Crippen LogP contribution in [0.4, 0.5) is 5.69 Å². The van der Waals surface area contributed by atoms with Crippen molar-refractivity contribution in [3.8, 4) is 0 Å². The lowest BCUT2D eigenvalue weighted by Gasteiger charge is -2.17. The number of carbonyl (C=O) groups is 1. The Kier molecular flexibility index (Phi) is 4.14. The van der Waals surface area contributed by atoms with Gasteiger partial charge in [0, 0.05) is 0 Å². The van der Waals surface area contributed by atoms with E-state index in [-0.39, 0.29) is 5.91 Å². The molecule has 0 N–H and O–H groups in total. The molecule has 1 fully saturated rings. The SMILES string of the molecule is Cc1ccc(C)c(N2C(=O)C(=Cc3ccccc3)SC2=S)c1. The van der Waals surface area contributed by atoms with E-state index < -0.39 is 0 Å². The van der Waals surface area contributed by atoms with Crippen LogP contribution in [0.3, 0.4) is 0 Å². The maximum atomic E-state index is 12.7. The van der Waals surface area contributed by atoms with E-state index >= 15 is 0 Å². The molecule has 2 nitrogen and oxygen atoms in total. The third-order valence-electron chi connectivity index (χ3n) is 3.50. The van der Waals surface area contributed by atoms with Gasteiger partial charge < -0.3 is 0 Å². The first-order valence-electron chi connectivity index (χ1n) is 6.96. The number of aryl methyl sites for hydroxylation is 2. The molecule has 0 bridgehead atoms. The van der Waals surface area contributed by atoms with Gasteiger partial charge in [0.1, 0.15) is 0 Å². The van der Waals surface area contributed by atoms with E-state index in [2.05, 4.69) is 0 Å². The van der Waals surface area contributed by atoms with Crippen molar-refractivity contribution >= 4 is 46.0 Å². The molecule has 0 aromatic heterocycles. The van der Waals surface area contributed by atoms with Gasteiger partial charge in [0.15, 0.2) is 4.32 Å². The molecule has 1 saturated heterocycles. The Morgan fingerprint density at radius 2 is 1.82 bits per heavy atom. The standard InChI is InChI=1S/C18H15NOS2/c1-12-8-9-13(2)15(10-12)19-17(20)16(22-18(19)21)11-14-6-4-3-5-7-14/h3-11H,1-2H3. The Morgan fingerprint density at radius 3 is 2.55 bits per heavy atom. The van der Waals surface area contributed by atoms with Gasteiger partial charge in [-0.05, 0) is 42.7 Å². The zero-order valence-electron chi connectivity index (χ0n) is 12.4. The molecule has 0 spiro atoms. The first-order chi connectivity index (χ1) is 10.6. The molecule has 0 aliphatic carbocycles. The fourth-order valence-corrected chi connectivity index (χ4v) is 3.62. The van der Waals surface area contributed by atoms with Crippen molar-refractivity contribution in [3.05, 3.63) is 70.1 Å². The molecule has 1 aliphatic heterocycles. The van der Waals surface area contributed by atoms with Gasteiger partial charge in [-0.1, -0.05) is 66.4 Å². The van der Waals surface area contributed by atoms with Crippen LogP contribution in [0.2, 0.25) is 0 Å². The Balaban J connectivity index is 1.99. The number of thiocarbonyl (C=S) groups is 1. The van der Waals surface area contributed by atoms with Crippen LogP contribution in [0, 0.1) is 13.8 Å². The Hall–Kier alpha value is -1.91. The summed E-state index contributed by atoms with van der Waals surface area (Å²) in [5.74, 6) is -0.0486. The monoisotopic (exact) mass is 325 g/mol. The smallest absolute Gasteiger partial charge is 0.268 e. The highest BCUT2D eigenvalue weighted by molar-refractivity contribution is 8.27. The lowest BCUT2D eigenvalue weighted by Crippen LogP contribution is -2.28. The zero-order chi connectivity index (χ0) is 15.7. The van der Waals surface area contributed by atoms with Gasteiger partial charge >= 0.3 is 0 Å². The highest BCUT2D eigenvalue weighted by atomic mass is 32.2. The second kappa shape index (κ2) is 6.07.